The van der Waals surface area contributed by atoms with E-state index >= 15 is 0 Å². The topological polar surface area (TPSA) is 58.3 Å². The van der Waals surface area contributed by atoms with Crippen LogP contribution in [0.5, 0.6) is 0 Å². The summed E-state index contributed by atoms with van der Waals surface area (Å²) in [6, 6.07) is 0.477. The molecule has 0 spiro atoms. The van der Waals surface area contributed by atoms with Gasteiger partial charge in [-0.15, -0.1) is 0 Å². The zero-order valence-electron chi connectivity index (χ0n) is 14.3. The lowest BCUT2D eigenvalue weighted by Gasteiger charge is -2.38. The maximum Gasteiger partial charge on any atom is 0.0474 e. The van der Waals surface area contributed by atoms with Crippen LogP contribution in [-0.4, -0.2) is 29.8 Å². The number of aliphatic hydroxyl groups excluding tert-OH is 1. The Labute approximate surface area is 131 Å². The standard InChI is InChI=1S/C18H36N2O/c1-17(2,3)15-7-5-10-18(13-19,11-9-15)20-16-8-4-6-14(16)12-21/h14-16,20-21H,4-13,19H2,1-3H3. The first-order valence-electron chi connectivity index (χ1n) is 8.99. The predicted molar refractivity (Wildman–Crippen MR) is 89.2 cm³/mol. The lowest BCUT2D eigenvalue weighted by molar-refractivity contribution is 0.166. The number of hydrogen-bond acceptors (Lipinski definition) is 3. The number of nitrogens with one attached hydrogen (secondary N) is 1. The predicted octanol–water partition coefficient (Wildman–Crippen LogP) is 3.06. The van der Waals surface area contributed by atoms with Crippen LogP contribution in [0.15, 0.2) is 0 Å². The zero-order chi connectivity index (χ0) is 15.5. The minimum absolute atomic E-state index is 0.114. The van der Waals surface area contributed by atoms with Crippen molar-refractivity contribution in [1.82, 2.24) is 5.32 Å². The van der Waals surface area contributed by atoms with Crippen molar-refractivity contribution in [3.8, 4) is 0 Å². The summed E-state index contributed by atoms with van der Waals surface area (Å²) in [4.78, 5) is 0. The summed E-state index contributed by atoms with van der Waals surface area (Å²) < 4.78 is 0. The first-order chi connectivity index (χ1) is 9.90. The second-order valence-corrected chi connectivity index (χ2v) is 8.60. The number of aliphatic hydroxyl groups is 1. The molecule has 0 aromatic heterocycles. The van der Waals surface area contributed by atoms with Gasteiger partial charge < -0.3 is 16.2 Å². The summed E-state index contributed by atoms with van der Waals surface area (Å²) in [5, 5.41) is 13.5. The highest BCUT2D eigenvalue weighted by atomic mass is 16.3. The van der Waals surface area contributed by atoms with E-state index in [-0.39, 0.29) is 5.54 Å². The highest BCUT2D eigenvalue weighted by molar-refractivity contribution is 4.98. The highest BCUT2D eigenvalue weighted by Gasteiger charge is 2.39. The second-order valence-electron chi connectivity index (χ2n) is 8.60. The molecule has 2 saturated carbocycles. The largest absolute Gasteiger partial charge is 0.396 e. The van der Waals surface area contributed by atoms with Gasteiger partial charge in [0.05, 0.1) is 0 Å². The minimum Gasteiger partial charge on any atom is -0.396 e. The van der Waals surface area contributed by atoms with Crippen LogP contribution in [0, 0.1) is 17.3 Å². The van der Waals surface area contributed by atoms with E-state index in [1.54, 1.807) is 0 Å². The van der Waals surface area contributed by atoms with Gasteiger partial charge in [0, 0.05) is 24.7 Å². The van der Waals surface area contributed by atoms with Gasteiger partial charge in [0.15, 0.2) is 0 Å². The van der Waals surface area contributed by atoms with Crippen LogP contribution in [0.25, 0.3) is 0 Å². The Morgan fingerprint density at radius 1 is 1.10 bits per heavy atom. The Hall–Kier alpha value is -0.120. The maximum absolute atomic E-state index is 9.56. The van der Waals surface area contributed by atoms with Crippen molar-refractivity contribution in [2.45, 2.75) is 83.7 Å². The van der Waals surface area contributed by atoms with E-state index in [9.17, 15) is 5.11 Å². The SMILES string of the molecule is CC(C)(C)C1CCCC(CN)(NC2CCCC2CO)CC1. The van der Waals surface area contributed by atoms with Gasteiger partial charge in [0.1, 0.15) is 0 Å². The number of nitrogens with two attached hydrogens (primary N) is 1. The first-order valence-corrected chi connectivity index (χ1v) is 8.99. The molecule has 0 heterocycles. The number of hydrogen-bond donors (Lipinski definition) is 3. The lowest BCUT2D eigenvalue weighted by Crippen LogP contribution is -2.56. The molecule has 2 aliphatic rings. The van der Waals surface area contributed by atoms with Crippen molar-refractivity contribution in [2.75, 3.05) is 13.2 Å². The Morgan fingerprint density at radius 2 is 1.86 bits per heavy atom. The van der Waals surface area contributed by atoms with Crippen molar-refractivity contribution in [1.29, 1.82) is 0 Å². The van der Waals surface area contributed by atoms with Gasteiger partial charge in [0.2, 0.25) is 0 Å². The fraction of sp³-hybridized carbons (Fsp3) is 1.00. The molecule has 0 bridgehead atoms. The second kappa shape index (κ2) is 6.97. The molecule has 0 aromatic rings. The van der Waals surface area contributed by atoms with Gasteiger partial charge in [0.25, 0.3) is 0 Å². The Kier molecular flexibility index (Phi) is 5.72. The van der Waals surface area contributed by atoms with Gasteiger partial charge in [-0.05, 0) is 55.8 Å². The molecule has 3 heteroatoms. The molecule has 0 saturated heterocycles. The molecule has 0 radical (unpaired) electrons. The zero-order valence-corrected chi connectivity index (χ0v) is 14.3. The Bertz CT molecular complexity index is 326. The molecule has 4 N–H and O–H groups in total. The lowest BCUT2D eigenvalue weighted by atomic mass is 9.76. The van der Waals surface area contributed by atoms with Crippen molar-refractivity contribution < 1.29 is 5.11 Å². The van der Waals surface area contributed by atoms with Crippen molar-refractivity contribution in [2.24, 2.45) is 23.0 Å². The molecule has 4 atom stereocenters. The fourth-order valence-corrected chi connectivity index (χ4v) is 4.52. The summed E-state index contributed by atoms with van der Waals surface area (Å²) in [5.41, 5.74) is 6.72. The summed E-state index contributed by atoms with van der Waals surface area (Å²) in [5.74, 6) is 1.25. The molecule has 2 fully saturated rings. The summed E-state index contributed by atoms with van der Waals surface area (Å²) in [6.07, 6.45) is 9.90. The molecule has 21 heavy (non-hydrogen) atoms. The molecule has 124 valence electrons. The van der Waals surface area contributed by atoms with E-state index in [1.165, 1.54) is 51.4 Å². The van der Waals surface area contributed by atoms with Crippen LogP contribution in [0.3, 0.4) is 0 Å². The van der Waals surface area contributed by atoms with Crippen LogP contribution in [0.2, 0.25) is 0 Å². The van der Waals surface area contributed by atoms with Crippen molar-refractivity contribution in [3.63, 3.8) is 0 Å². The molecule has 3 nitrogen and oxygen atoms in total. The van der Waals surface area contributed by atoms with E-state index in [2.05, 4.69) is 26.1 Å². The van der Waals surface area contributed by atoms with E-state index in [4.69, 9.17) is 5.73 Å². The Balaban J connectivity index is 2.01. The molecular formula is C18H36N2O. The molecule has 2 rings (SSSR count). The van der Waals surface area contributed by atoms with Crippen LogP contribution in [0.4, 0.5) is 0 Å². The maximum atomic E-state index is 9.56. The summed E-state index contributed by atoms with van der Waals surface area (Å²) in [6.45, 7) is 8.18. The van der Waals surface area contributed by atoms with Crippen LogP contribution in [0.1, 0.15) is 72.1 Å². The molecule has 4 unspecified atom stereocenters. The normalized spacial score (nSPS) is 38.4. The van der Waals surface area contributed by atoms with E-state index in [0.29, 0.717) is 24.0 Å². The minimum atomic E-state index is 0.114. The third-order valence-electron chi connectivity index (χ3n) is 6.18. The third-order valence-corrected chi connectivity index (χ3v) is 6.18. The molecule has 2 aliphatic carbocycles. The van der Waals surface area contributed by atoms with Crippen LogP contribution < -0.4 is 11.1 Å². The van der Waals surface area contributed by atoms with Gasteiger partial charge in [-0.1, -0.05) is 33.6 Å². The van der Waals surface area contributed by atoms with Crippen molar-refractivity contribution in [3.05, 3.63) is 0 Å². The molecule has 0 aliphatic heterocycles. The third kappa shape index (κ3) is 4.20. The Morgan fingerprint density at radius 3 is 2.48 bits per heavy atom. The van der Waals surface area contributed by atoms with Crippen LogP contribution in [-0.2, 0) is 0 Å². The fourth-order valence-electron chi connectivity index (χ4n) is 4.52. The van der Waals surface area contributed by atoms with Gasteiger partial charge in [-0.2, -0.15) is 0 Å². The van der Waals surface area contributed by atoms with Gasteiger partial charge >= 0.3 is 0 Å². The average Bonchev–Trinajstić information content (AvgIpc) is 2.75. The quantitative estimate of drug-likeness (QED) is 0.699. The first kappa shape index (κ1) is 17.2. The monoisotopic (exact) mass is 296 g/mol. The van der Waals surface area contributed by atoms with Crippen LogP contribution >= 0.6 is 0 Å². The van der Waals surface area contributed by atoms with E-state index in [0.717, 1.165) is 12.5 Å². The molecular weight excluding hydrogens is 260 g/mol. The molecule has 0 aromatic carbocycles. The summed E-state index contributed by atoms with van der Waals surface area (Å²) in [7, 11) is 0. The number of rotatable bonds is 4. The molecule has 0 amide bonds. The smallest absolute Gasteiger partial charge is 0.0474 e. The highest BCUT2D eigenvalue weighted by Crippen LogP contribution is 2.40. The van der Waals surface area contributed by atoms with Gasteiger partial charge in [-0.3, -0.25) is 0 Å². The van der Waals surface area contributed by atoms with Crippen molar-refractivity contribution >= 4 is 0 Å². The van der Waals surface area contributed by atoms with E-state index < -0.39 is 0 Å². The summed E-state index contributed by atoms with van der Waals surface area (Å²) >= 11 is 0. The van der Waals surface area contributed by atoms with E-state index in [1.807, 2.05) is 0 Å². The van der Waals surface area contributed by atoms with Gasteiger partial charge in [-0.25, -0.2) is 0 Å². The average molecular weight is 296 g/mol.